The summed E-state index contributed by atoms with van der Waals surface area (Å²) in [6, 6.07) is 6.51. The van der Waals surface area contributed by atoms with Crippen molar-refractivity contribution in [2.45, 2.75) is 26.7 Å². The van der Waals surface area contributed by atoms with Crippen molar-refractivity contribution in [3.05, 3.63) is 47.4 Å². The summed E-state index contributed by atoms with van der Waals surface area (Å²) in [5, 5.41) is 9.14. The number of hydrogen-bond donors (Lipinski definition) is 1. The molecule has 0 aliphatic heterocycles. The molecule has 0 fully saturated rings. The van der Waals surface area contributed by atoms with E-state index < -0.39 is 5.97 Å². The lowest BCUT2D eigenvalue weighted by atomic mass is 10.1. The third kappa shape index (κ3) is 3.12. The van der Waals surface area contributed by atoms with Crippen molar-refractivity contribution in [3.63, 3.8) is 0 Å². The number of hydrogen-bond acceptors (Lipinski definition) is 4. The molecule has 104 valence electrons. The molecule has 0 aliphatic carbocycles. The highest BCUT2D eigenvalue weighted by Gasteiger charge is 2.12. The van der Waals surface area contributed by atoms with Crippen molar-refractivity contribution < 1.29 is 14.6 Å². The van der Waals surface area contributed by atoms with Crippen LogP contribution in [0.5, 0.6) is 11.6 Å². The monoisotopic (exact) mass is 272 g/mol. The molecule has 2 rings (SSSR count). The van der Waals surface area contributed by atoms with E-state index in [-0.39, 0.29) is 17.4 Å². The summed E-state index contributed by atoms with van der Waals surface area (Å²) in [4.78, 5) is 19.6. The summed E-state index contributed by atoms with van der Waals surface area (Å²) in [6.45, 7) is 5.72. The number of carboxylic acids is 1. The van der Waals surface area contributed by atoms with Gasteiger partial charge in [0, 0.05) is 18.0 Å². The molecular weight excluding hydrogens is 256 g/mol. The molecule has 0 unspecified atom stereocenters. The van der Waals surface area contributed by atoms with Gasteiger partial charge >= 0.3 is 5.97 Å². The molecule has 2 aromatic rings. The molecule has 0 atom stereocenters. The van der Waals surface area contributed by atoms with Crippen molar-refractivity contribution in [1.29, 1.82) is 0 Å². The number of nitrogens with zero attached hydrogens (tertiary/aromatic N) is 2. The van der Waals surface area contributed by atoms with Crippen LogP contribution < -0.4 is 4.74 Å². The Bertz CT molecular complexity index is 639. The largest absolute Gasteiger partial charge is 0.478 e. The first-order valence-electron chi connectivity index (χ1n) is 6.32. The molecule has 5 nitrogen and oxygen atoms in total. The fourth-order valence-corrected chi connectivity index (χ4v) is 1.69. The summed E-state index contributed by atoms with van der Waals surface area (Å²) in [7, 11) is 0. The van der Waals surface area contributed by atoms with Crippen molar-refractivity contribution in [1.82, 2.24) is 9.97 Å². The Hall–Kier alpha value is -2.43. The van der Waals surface area contributed by atoms with Crippen LogP contribution in [-0.2, 0) is 0 Å². The molecule has 2 heterocycles. The van der Waals surface area contributed by atoms with Gasteiger partial charge in [-0.1, -0.05) is 13.8 Å². The van der Waals surface area contributed by atoms with Crippen LogP contribution >= 0.6 is 0 Å². The van der Waals surface area contributed by atoms with E-state index in [2.05, 4.69) is 9.97 Å². The van der Waals surface area contributed by atoms with E-state index in [1.165, 1.54) is 6.07 Å². The molecule has 0 saturated heterocycles. The number of aryl methyl sites for hydroxylation is 1. The lowest BCUT2D eigenvalue weighted by Crippen LogP contribution is -2.03. The fourth-order valence-electron chi connectivity index (χ4n) is 1.69. The summed E-state index contributed by atoms with van der Waals surface area (Å²) in [6.07, 6.45) is 1.67. The predicted octanol–water partition coefficient (Wildman–Crippen LogP) is 3.40. The SMILES string of the molecule is Cc1ncccc1Oc1cc(C(=O)O)cc(C(C)C)n1. The molecule has 0 aliphatic rings. The van der Waals surface area contributed by atoms with Crippen LogP contribution in [0.4, 0.5) is 0 Å². The summed E-state index contributed by atoms with van der Waals surface area (Å²) >= 11 is 0. The van der Waals surface area contributed by atoms with E-state index >= 15 is 0 Å². The average molecular weight is 272 g/mol. The highest BCUT2D eigenvalue weighted by Crippen LogP contribution is 2.25. The Morgan fingerprint density at radius 3 is 2.70 bits per heavy atom. The minimum Gasteiger partial charge on any atom is -0.478 e. The Morgan fingerprint density at radius 2 is 2.10 bits per heavy atom. The first-order valence-corrected chi connectivity index (χ1v) is 6.32. The van der Waals surface area contributed by atoms with Gasteiger partial charge in [-0.15, -0.1) is 0 Å². The third-order valence-corrected chi connectivity index (χ3v) is 2.83. The predicted molar refractivity (Wildman–Crippen MR) is 74.3 cm³/mol. The third-order valence-electron chi connectivity index (χ3n) is 2.83. The molecule has 0 bridgehead atoms. The quantitative estimate of drug-likeness (QED) is 0.923. The molecule has 0 saturated carbocycles. The normalized spacial score (nSPS) is 10.6. The van der Waals surface area contributed by atoms with Gasteiger partial charge in [0.25, 0.3) is 0 Å². The second-order valence-electron chi connectivity index (χ2n) is 4.77. The van der Waals surface area contributed by atoms with E-state index in [0.29, 0.717) is 11.4 Å². The summed E-state index contributed by atoms with van der Waals surface area (Å²) in [5.74, 6) is -0.0457. The number of rotatable bonds is 4. The number of carboxylic acid groups (broad SMARTS) is 1. The first-order chi connectivity index (χ1) is 9.47. The van der Waals surface area contributed by atoms with Crippen molar-refractivity contribution in [2.75, 3.05) is 0 Å². The second-order valence-corrected chi connectivity index (χ2v) is 4.77. The van der Waals surface area contributed by atoms with Crippen LogP contribution in [0.3, 0.4) is 0 Å². The minimum atomic E-state index is -0.998. The van der Waals surface area contributed by atoms with Gasteiger partial charge in [-0.25, -0.2) is 9.78 Å². The number of pyridine rings is 2. The van der Waals surface area contributed by atoms with Crippen molar-refractivity contribution in [3.8, 4) is 11.6 Å². The Balaban J connectivity index is 2.41. The van der Waals surface area contributed by atoms with Gasteiger partial charge in [0.05, 0.1) is 11.3 Å². The van der Waals surface area contributed by atoms with Gasteiger partial charge in [0.15, 0.2) is 5.75 Å². The van der Waals surface area contributed by atoms with Gasteiger partial charge in [-0.2, -0.15) is 0 Å². The Labute approximate surface area is 117 Å². The number of aromatic nitrogens is 2. The highest BCUT2D eigenvalue weighted by atomic mass is 16.5. The molecule has 1 N–H and O–H groups in total. The maximum absolute atomic E-state index is 11.2. The lowest BCUT2D eigenvalue weighted by Gasteiger charge is -2.11. The highest BCUT2D eigenvalue weighted by molar-refractivity contribution is 5.88. The van der Waals surface area contributed by atoms with Crippen LogP contribution in [0.2, 0.25) is 0 Å². The van der Waals surface area contributed by atoms with Crippen LogP contribution in [0, 0.1) is 6.92 Å². The zero-order chi connectivity index (χ0) is 14.7. The van der Waals surface area contributed by atoms with E-state index in [9.17, 15) is 4.79 Å². The number of ether oxygens (including phenoxy) is 1. The minimum absolute atomic E-state index is 0.117. The first kappa shape index (κ1) is 14.0. The smallest absolute Gasteiger partial charge is 0.335 e. The van der Waals surface area contributed by atoms with Crippen LogP contribution in [0.15, 0.2) is 30.5 Å². The molecule has 0 aromatic carbocycles. The number of aromatic carboxylic acids is 1. The van der Waals surface area contributed by atoms with Crippen LogP contribution in [0.1, 0.15) is 41.5 Å². The average Bonchev–Trinajstić information content (AvgIpc) is 2.41. The van der Waals surface area contributed by atoms with Gasteiger partial charge < -0.3 is 9.84 Å². The Kier molecular flexibility index (Phi) is 3.98. The van der Waals surface area contributed by atoms with E-state index in [1.807, 2.05) is 20.8 Å². The zero-order valence-electron chi connectivity index (χ0n) is 11.6. The van der Waals surface area contributed by atoms with Gasteiger partial charge in [0.1, 0.15) is 0 Å². The molecule has 2 aromatic heterocycles. The van der Waals surface area contributed by atoms with E-state index in [1.54, 1.807) is 24.4 Å². The van der Waals surface area contributed by atoms with E-state index in [0.717, 1.165) is 5.69 Å². The molecule has 5 heteroatoms. The topological polar surface area (TPSA) is 72.3 Å². The second kappa shape index (κ2) is 5.69. The Morgan fingerprint density at radius 1 is 1.35 bits per heavy atom. The maximum atomic E-state index is 11.2. The number of carbonyl (C=O) groups is 1. The van der Waals surface area contributed by atoms with Crippen molar-refractivity contribution >= 4 is 5.97 Å². The summed E-state index contributed by atoms with van der Waals surface area (Å²) < 4.78 is 5.65. The molecule has 0 spiro atoms. The summed E-state index contributed by atoms with van der Waals surface area (Å²) in [5.41, 5.74) is 1.57. The molecule has 0 radical (unpaired) electrons. The van der Waals surface area contributed by atoms with Crippen molar-refractivity contribution in [2.24, 2.45) is 0 Å². The lowest BCUT2D eigenvalue weighted by molar-refractivity contribution is 0.0696. The van der Waals surface area contributed by atoms with Gasteiger partial charge in [0.2, 0.25) is 5.88 Å². The maximum Gasteiger partial charge on any atom is 0.335 e. The van der Waals surface area contributed by atoms with E-state index in [4.69, 9.17) is 9.84 Å². The van der Waals surface area contributed by atoms with Gasteiger partial charge in [-0.3, -0.25) is 4.98 Å². The zero-order valence-corrected chi connectivity index (χ0v) is 11.6. The standard InChI is InChI=1S/C15H16N2O3/c1-9(2)12-7-11(15(18)19)8-14(17-12)20-13-5-4-6-16-10(13)3/h4-9H,1-3H3,(H,18,19). The molecule has 20 heavy (non-hydrogen) atoms. The van der Waals surface area contributed by atoms with Gasteiger partial charge in [-0.05, 0) is 31.0 Å². The van der Waals surface area contributed by atoms with Crippen LogP contribution in [-0.4, -0.2) is 21.0 Å². The molecule has 0 amide bonds. The van der Waals surface area contributed by atoms with Crippen LogP contribution in [0.25, 0.3) is 0 Å². The fraction of sp³-hybridized carbons (Fsp3) is 0.267. The molecular formula is C15H16N2O3.